The maximum atomic E-state index is 12.6. The van der Waals surface area contributed by atoms with Crippen LogP contribution >= 0.6 is 0 Å². The van der Waals surface area contributed by atoms with E-state index in [2.05, 4.69) is 15.6 Å². The largest absolute Gasteiger partial charge is 0.460 e. The lowest BCUT2D eigenvalue weighted by Gasteiger charge is -2.19. The molecule has 9 heteroatoms. The molecule has 1 aliphatic rings. The number of nitrogens with one attached hydrogen (secondary N) is 2. The first-order chi connectivity index (χ1) is 15.4. The molecular weight excluding hydrogens is 414 g/mol. The Morgan fingerprint density at radius 2 is 1.22 bits per heavy atom. The first-order valence-electron chi connectivity index (χ1n) is 10.4. The number of hydrogen-bond acceptors (Lipinski definition) is 7. The van der Waals surface area contributed by atoms with Crippen LogP contribution in [0.3, 0.4) is 0 Å². The Balaban J connectivity index is 1.90. The second-order valence-electron chi connectivity index (χ2n) is 7.34. The summed E-state index contributed by atoms with van der Waals surface area (Å²) in [6, 6.07) is 9.64. The normalized spacial score (nSPS) is 20.2. The summed E-state index contributed by atoms with van der Waals surface area (Å²) < 4.78 is 10.7. The molecular formula is C23H25N3O6. The first kappa shape index (κ1) is 22.9. The number of cyclic esters (lactones) is 2. The number of nitrogens with zero attached hydrogens (tertiary/aromatic N) is 1. The number of esters is 2. The first-order valence-corrected chi connectivity index (χ1v) is 10.4. The SMILES string of the molecule is CCC1COC(=O)c2cccc(c2)C(=O)OCC(CC)NC(=O)c2cccc(n2)C(=O)N1. The Morgan fingerprint density at radius 1 is 0.781 bits per heavy atom. The second-order valence-corrected chi connectivity index (χ2v) is 7.34. The van der Waals surface area contributed by atoms with Gasteiger partial charge in [0, 0.05) is 0 Å². The minimum Gasteiger partial charge on any atom is -0.460 e. The van der Waals surface area contributed by atoms with Crippen LogP contribution in [0.25, 0.3) is 0 Å². The predicted octanol–water partition coefficient (Wildman–Crippen LogP) is 2.13. The van der Waals surface area contributed by atoms with Crippen molar-refractivity contribution in [2.45, 2.75) is 38.8 Å². The monoisotopic (exact) mass is 439 g/mol. The van der Waals surface area contributed by atoms with Crippen molar-refractivity contribution in [2.24, 2.45) is 0 Å². The van der Waals surface area contributed by atoms with Gasteiger partial charge in [0.1, 0.15) is 24.6 Å². The molecule has 2 heterocycles. The third-order valence-electron chi connectivity index (χ3n) is 5.04. The lowest BCUT2D eigenvalue weighted by atomic mass is 10.1. The fourth-order valence-electron chi connectivity index (χ4n) is 3.02. The van der Waals surface area contributed by atoms with Crippen molar-refractivity contribution >= 4 is 23.8 Å². The third-order valence-corrected chi connectivity index (χ3v) is 5.04. The van der Waals surface area contributed by atoms with Gasteiger partial charge in [0.05, 0.1) is 23.2 Å². The quantitative estimate of drug-likeness (QED) is 0.687. The van der Waals surface area contributed by atoms with E-state index in [9.17, 15) is 19.2 Å². The molecule has 4 bridgehead atoms. The van der Waals surface area contributed by atoms with Crippen LogP contribution in [0.1, 0.15) is 68.4 Å². The van der Waals surface area contributed by atoms with Crippen LogP contribution in [-0.4, -0.2) is 54.0 Å². The molecule has 0 saturated carbocycles. The van der Waals surface area contributed by atoms with Crippen molar-refractivity contribution in [3.63, 3.8) is 0 Å². The molecule has 2 N–H and O–H groups in total. The van der Waals surface area contributed by atoms with Crippen molar-refractivity contribution in [2.75, 3.05) is 13.2 Å². The summed E-state index contributed by atoms with van der Waals surface area (Å²) in [5.41, 5.74) is 0.513. The van der Waals surface area contributed by atoms with Crippen molar-refractivity contribution < 1.29 is 28.7 Å². The third kappa shape index (κ3) is 5.69. The minimum atomic E-state index is -0.618. The number of carbonyl (C=O) groups excluding carboxylic acids is 4. The molecule has 0 aliphatic carbocycles. The highest BCUT2D eigenvalue weighted by Crippen LogP contribution is 2.11. The Morgan fingerprint density at radius 3 is 1.66 bits per heavy atom. The molecule has 32 heavy (non-hydrogen) atoms. The lowest BCUT2D eigenvalue weighted by Crippen LogP contribution is -2.40. The van der Waals surface area contributed by atoms with Gasteiger partial charge in [0.2, 0.25) is 0 Å². The second kappa shape index (κ2) is 10.5. The summed E-state index contributed by atoms with van der Waals surface area (Å²) in [7, 11) is 0. The van der Waals surface area contributed by atoms with Crippen molar-refractivity contribution in [1.29, 1.82) is 0 Å². The molecule has 1 aliphatic heterocycles. The number of hydrogen-bond donors (Lipinski definition) is 2. The summed E-state index contributed by atoms with van der Waals surface area (Å²) >= 11 is 0. The Bertz CT molecular complexity index is 950. The zero-order valence-corrected chi connectivity index (χ0v) is 17.9. The fourth-order valence-corrected chi connectivity index (χ4v) is 3.02. The molecule has 0 spiro atoms. The number of fused-ring (bicyclic) bond motifs is 4. The number of amides is 2. The Labute approximate surface area is 185 Å². The van der Waals surface area contributed by atoms with Gasteiger partial charge in [-0.25, -0.2) is 14.6 Å². The number of pyridine rings is 1. The number of benzene rings is 1. The van der Waals surface area contributed by atoms with Gasteiger partial charge in [-0.3, -0.25) is 9.59 Å². The molecule has 1 aromatic carbocycles. The van der Waals surface area contributed by atoms with Gasteiger partial charge < -0.3 is 20.1 Å². The molecule has 2 aromatic rings. The number of rotatable bonds is 2. The highest BCUT2D eigenvalue weighted by Gasteiger charge is 2.21. The summed E-state index contributed by atoms with van der Waals surface area (Å²) in [4.78, 5) is 54.3. The smallest absolute Gasteiger partial charge is 0.338 e. The summed E-state index contributed by atoms with van der Waals surface area (Å²) in [6.45, 7) is 3.55. The molecule has 0 saturated heterocycles. The van der Waals surface area contributed by atoms with E-state index >= 15 is 0 Å². The van der Waals surface area contributed by atoms with Gasteiger partial charge in [0.15, 0.2) is 0 Å². The molecule has 0 radical (unpaired) electrons. The molecule has 168 valence electrons. The summed E-state index contributed by atoms with van der Waals surface area (Å²) in [5.74, 6) is -2.20. The van der Waals surface area contributed by atoms with Gasteiger partial charge in [-0.2, -0.15) is 0 Å². The molecule has 2 unspecified atom stereocenters. The molecule has 2 amide bonds. The van der Waals surface area contributed by atoms with E-state index in [1.165, 1.54) is 30.3 Å². The topological polar surface area (TPSA) is 124 Å². The number of aromatic nitrogens is 1. The van der Waals surface area contributed by atoms with Gasteiger partial charge in [-0.1, -0.05) is 26.0 Å². The van der Waals surface area contributed by atoms with Gasteiger partial charge >= 0.3 is 11.9 Å². The Kier molecular flexibility index (Phi) is 7.54. The highest BCUT2D eigenvalue weighted by molar-refractivity contribution is 5.97. The number of carbonyl (C=O) groups is 4. The Hall–Kier alpha value is -3.75. The van der Waals surface area contributed by atoms with Gasteiger partial charge in [0.25, 0.3) is 11.8 Å². The standard InChI is InChI=1S/C23H25N3O6/c1-3-16-12-31-22(29)14-7-5-8-15(11-14)23(30)32-13-17(4-2)25-21(28)19-10-6-9-18(26-19)20(27)24-16/h5-11,16-17H,3-4,12-13H2,1-2H3,(H,24,27)(H,25,28). The summed E-state index contributed by atoms with van der Waals surface area (Å²) in [6.07, 6.45) is 1.01. The van der Waals surface area contributed by atoms with Gasteiger partial charge in [-0.15, -0.1) is 0 Å². The fraction of sp³-hybridized carbons (Fsp3) is 0.348. The van der Waals surface area contributed by atoms with E-state index in [1.54, 1.807) is 12.1 Å². The maximum Gasteiger partial charge on any atom is 0.338 e. The van der Waals surface area contributed by atoms with Crippen LogP contribution in [0.4, 0.5) is 0 Å². The van der Waals surface area contributed by atoms with E-state index < -0.39 is 35.8 Å². The zero-order valence-electron chi connectivity index (χ0n) is 17.9. The summed E-state index contributed by atoms with van der Waals surface area (Å²) in [5, 5.41) is 5.53. The molecule has 2 atom stereocenters. The van der Waals surface area contributed by atoms with Crippen molar-refractivity contribution in [1.82, 2.24) is 15.6 Å². The van der Waals surface area contributed by atoms with E-state index in [1.807, 2.05) is 13.8 Å². The van der Waals surface area contributed by atoms with E-state index in [0.717, 1.165) is 0 Å². The van der Waals surface area contributed by atoms with E-state index in [0.29, 0.717) is 12.8 Å². The van der Waals surface area contributed by atoms with E-state index in [4.69, 9.17) is 9.47 Å². The average Bonchev–Trinajstić information content (AvgIpc) is 2.83. The molecule has 1 aromatic heterocycles. The van der Waals surface area contributed by atoms with Crippen molar-refractivity contribution in [3.8, 4) is 0 Å². The molecule has 9 nitrogen and oxygen atoms in total. The average molecular weight is 439 g/mol. The van der Waals surface area contributed by atoms with Gasteiger partial charge in [-0.05, 0) is 43.2 Å². The van der Waals surface area contributed by atoms with Crippen LogP contribution in [-0.2, 0) is 9.47 Å². The zero-order chi connectivity index (χ0) is 23.1. The van der Waals surface area contributed by atoms with Crippen LogP contribution in [0.5, 0.6) is 0 Å². The van der Waals surface area contributed by atoms with Crippen LogP contribution in [0, 0.1) is 0 Å². The van der Waals surface area contributed by atoms with Crippen molar-refractivity contribution in [3.05, 3.63) is 65.0 Å². The van der Waals surface area contributed by atoms with E-state index in [-0.39, 0.29) is 35.7 Å². The van der Waals surface area contributed by atoms with Crippen LogP contribution < -0.4 is 10.6 Å². The molecule has 3 rings (SSSR count). The van der Waals surface area contributed by atoms with Crippen LogP contribution in [0.2, 0.25) is 0 Å². The number of ether oxygens (including phenoxy) is 2. The lowest BCUT2D eigenvalue weighted by molar-refractivity contribution is 0.0448. The minimum absolute atomic E-state index is 0.0614. The highest BCUT2D eigenvalue weighted by atomic mass is 16.5. The van der Waals surface area contributed by atoms with Crippen LogP contribution in [0.15, 0.2) is 42.5 Å². The molecule has 0 fully saturated rings. The maximum absolute atomic E-state index is 12.6. The predicted molar refractivity (Wildman–Crippen MR) is 114 cm³/mol.